The van der Waals surface area contributed by atoms with E-state index in [1.807, 2.05) is 24.3 Å². The summed E-state index contributed by atoms with van der Waals surface area (Å²) in [6.45, 7) is 0.00535. The maximum Gasteiger partial charge on any atom is 0.305 e. The minimum atomic E-state index is -1.00. The van der Waals surface area contributed by atoms with Crippen LogP contribution in [0.5, 0.6) is 0 Å². The number of nitrogens with one attached hydrogen (secondary N) is 1. The molecule has 200 valence electrons. The number of hydrogen-bond donors (Lipinski definition) is 2. The van der Waals surface area contributed by atoms with Crippen molar-refractivity contribution in [1.82, 2.24) is 5.32 Å². The lowest BCUT2D eigenvalue weighted by Gasteiger charge is -2.22. The Hall–Kier alpha value is -4.03. The van der Waals surface area contributed by atoms with Gasteiger partial charge in [-0.15, -0.1) is 0 Å². The van der Waals surface area contributed by atoms with Gasteiger partial charge in [0.15, 0.2) is 11.6 Å². The highest BCUT2D eigenvalue weighted by molar-refractivity contribution is 6.33. The molecule has 0 bridgehead atoms. The number of carboxylic acid groups (broad SMARTS) is 1. The van der Waals surface area contributed by atoms with E-state index in [0.717, 1.165) is 12.8 Å². The van der Waals surface area contributed by atoms with Crippen LogP contribution in [0.2, 0.25) is 5.02 Å². The molecule has 39 heavy (non-hydrogen) atoms. The molecular formula is C32H30ClNO5. The highest BCUT2D eigenvalue weighted by atomic mass is 35.5. The average molecular weight is 544 g/mol. The molecule has 0 atom stereocenters. The van der Waals surface area contributed by atoms with Gasteiger partial charge in [0.05, 0.1) is 6.42 Å². The number of allylic oxidation sites excluding steroid dienone is 2. The highest BCUT2D eigenvalue weighted by Gasteiger charge is 2.20. The van der Waals surface area contributed by atoms with E-state index in [1.165, 1.54) is 55.2 Å². The summed E-state index contributed by atoms with van der Waals surface area (Å²) in [5, 5.41) is 11.8. The summed E-state index contributed by atoms with van der Waals surface area (Å²) in [5.41, 5.74) is 3.17. The number of aliphatic carboxylic acids is 1. The van der Waals surface area contributed by atoms with E-state index in [-0.39, 0.29) is 30.1 Å². The lowest BCUT2D eigenvalue weighted by atomic mass is 9.83. The molecule has 6 nitrogen and oxygen atoms in total. The van der Waals surface area contributed by atoms with Crippen molar-refractivity contribution in [1.29, 1.82) is 0 Å². The topological polar surface area (TPSA) is 101 Å². The fourth-order valence-corrected chi connectivity index (χ4v) is 4.92. The number of halogens is 1. The number of ketones is 2. The Morgan fingerprint density at radius 1 is 0.769 bits per heavy atom. The molecule has 0 saturated heterocycles. The normalized spacial score (nSPS) is 14.0. The monoisotopic (exact) mass is 543 g/mol. The molecule has 1 fully saturated rings. The summed E-state index contributed by atoms with van der Waals surface area (Å²) >= 11 is 5.97. The van der Waals surface area contributed by atoms with Crippen LogP contribution < -0.4 is 5.32 Å². The zero-order valence-corrected chi connectivity index (χ0v) is 22.2. The Labute approximate surface area is 232 Å². The number of Topliss-reactive ketones (excluding diaryl/α,β-unsaturated/α-hetero) is 1. The third-order valence-corrected chi connectivity index (χ3v) is 7.23. The number of benzene rings is 3. The number of amides is 1. The van der Waals surface area contributed by atoms with E-state index >= 15 is 0 Å². The molecular weight excluding hydrogens is 514 g/mol. The Morgan fingerprint density at radius 2 is 1.33 bits per heavy atom. The van der Waals surface area contributed by atoms with E-state index in [0.29, 0.717) is 33.2 Å². The summed E-state index contributed by atoms with van der Waals surface area (Å²) in [7, 11) is 0. The second-order valence-corrected chi connectivity index (χ2v) is 10.1. The molecule has 1 aliphatic rings. The van der Waals surface area contributed by atoms with Crippen LogP contribution in [0.25, 0.3) is 5.57 Å². The maximum absolute atomic E-state index is 13.7. The predicted molar refractivity (Wildman–Crippen MR) is 151 cm³/mol. The molecule has 0 aromatic heterocycles. The van der Waals surface area contributed by atoms with Gasteiger partial charge in [-0.3, -0.25) is 19.2 Å². The number of carbonyl (C=O) groups excluding carboxylic acids is 3. The van der Waals surface area contributed by atoms with Crippen LogP contribution in [-0.2, 0) is 4.79 Å². The number of rotatable bonds is 10. The standard InChI is InChI=1S/C32H30ClNO5/c33-27-16-14-24(15-17-27)29(35)20-28(23-8-6-22(7-9-23)21-4-2-1-3-5-21)31(38)25-10-12-26(13-11-25)32(39)34-19-18-30(36)37/h6-17,20-21H,1-5,18-19H2,(H,34,39)(H,36,37)/b28-20-. The third kappa shape index (κ3) is 7.52. The van der Waals surface area contributed by atoms with Crippen molar-refractivity contribution in [2.45, 2.75) is 44.4 Å². The van der Waals surface area contributed by atoms with Crippen LogP contribution in [0.15, 0.2) is 78.9 Å². The molecule has 0 aliphatic heterocycles. The van der Waals surface area contributed by atoms with Crippen LogP contribution in [0, 0.1) is 0 Å². The van der Waals surface area contributed by atoms with Gasteiger partial charge in [-0.25, -0.2) is 0 Å². The van der Waals surface area contributed by atoms with Crippen molar-refractivity contribution in [3.63, 3.8) is 0 Å². The van der Waals surface area contributed by atoms with Crippen molar-refractivity contribution in [3.05, 3.63) is 112 Å². The van der Waals surface area contributed by atoms with Gasteiger partial charge in [-0.1, -0.05) is 67.3 Å². The van der Waals surface area contributed by atoms with Crippen molar-refractivity contribution in [2.75, 3.05) is 6.54 Å². The third-order valence-electron chi connectivity index (χ3n) is 6.98. The second-order valence-electron chi connectivity index (χ2n) is 9.69. The first-order chi connectivity index (χ1) is 18.8. The van der Waals surface area contributed by atoms with Crippen LogP contribution in [0.3, 0.4) is 0 Å². The van der Waals surface area contributed by atoms with E-state index in [2.05, 4.69) is 5.32 Å². The van der Waals surface area contributed by atoms with Gasteiger partial charge >= 0.3 is 5.97 Å². The molecule has 1 amide bonds. The van der Waals surface area contributed by atoms with Crippen molar-refractivity contribution in [2.24, 2.45) is 0 Å². The van der Waals surface area contributed by atoms with Gasteiger partial charge in [0.25, 0.3) is 5.91 Å². The smallest absolute Gasteiger partial charge is 0.305 e. The van der Waals surface area contributed by atoms with Gasteiger partial charge in [0.1, 0.15) is 0 Å². The van der Waals surface area contributed by atoms with Crippen LogP contribution in [0.1, 0.15) is 86.6 Å². The van der Waals surface area contributed by atoms with Gasteiger partial charge in [0.2, 0.25) is 0 Å². The SMILES string of the molecule is O=C(O)CCNC(=O)c1ccc(C(=O)/C(=C\C(=O)c2ccc(Cl)cc2)c2ccc(C3CCCCC3)cc2)cc1. The van der Waals surface area contributed by atoms with Crippen LogP contribution >= 0.6 is 11.6 Å². The summed E-state index contributed by atoms with van der Waals surface area (Å²) in [6, 6.07) is 20.5. The van der Waals surface area contributed by atoms with E-state index in [4.69, 9.17) is 16.7 Å². The zero-order valence-electron chi connectivity index (χ0n) is 21.5. The fourth-order valence-electron chi connectivity index (χ4n) is 4.79. The number of carbonyl (C=O) groups is 4. The molecule has 1 aliphatic carbocycles. The van der Waals surface area contributed by atoms with Crippen molar-refractivity contribution >= 4 is 40.6 Å². The van der Waals surface area contributed by atoms with Crippen LogP contribution in [0.4, 0.5) is 0 Å². The summed E-state index contributed by atoms with van der Waals surface area (Å²) in [4.78, 5) is 49.8. The fraction of sp³-hybridized carbons (Fsp3) is 0.250. The van der Waals surface area contributed by atoms with Gasteiger partial charge in [-0.05, 0) is 72.4 Å². The number of hydrogen-bond acceptors (Lipinski definition) is 4. The highest BCUT2D eigenvalue weighted by Crippen LogP contribution is 2.33. The van der Waals surface area contributed by atoms with Crippen LogP contribution in [-0.4, -0.2) is 35.1 Å². The zero-order chi connectivity index (χ0) is 27.8. The summed E-state index contributed by atoms with van der Waals surface area (Å²) in [5.74, 6) is -1.58. The minimum Gasteiger partial charge on any atom is -0.481 e. The summed E-state index contributed by atoms with van der Waals surface area (Å²) in [6.07, 6.45) is 7.20. The van der Waals surface area contributed by atoms with E-state index in [9.17, 15) is 19.2 Å². The van der Waals surface area contributed by atoms with Gasteiger partial charge in [0, 0.05) is 33.8 Å². The molecule has 2 N–H and O–H groups in total. The molecule has 3 aromatic carbocycles. The first kappa shape index (κ1) is 28.0. The first-order valence-electron chi connectivity index (χ1n) is 13.1. The van der Waals surface area contributed by atoms with Gasteiger partial charge in [-0.2, -0.15) is 0 Å². The molecule has 0 unspecified atom stereocenters. The number of carboxylic acids is 1. The molecule has 1 saturated carbocycles. The molecule has 0 radical (unpaired) electrons. The molecule has 7 heteroatoms. The Bertz CT molecular complexity index is 1370. The van der Waals surface area contributed by atoms with Gasteiger partial charge < -0.3 is 10.4 Å². The van der Waals surface area contributed by atoms with Crippen molar-refractivity contribution < 1.29 is 24.3 Å². The Balaban J connectivity index is 1.60. The second kappa shape index (κ2) is 13.2. The Morgan fingerprint density at radius 3 is 1.95 bits per heavy atom. The van der Waals surface area contributed by atoms with E-state index < -0.39 is 11.9 Å². The quantitative estimate of drug-likeness (QED) is 0.218. The molecule has 3 aromatic rings. The Kier molecular flexibility index (Phi) is 9.45. The molecule has 4 rings (SSSR count). The lowest BCUT2D eigenvalue weighted by Crippen LogP contribution is -2.26. The first-order valence-corrected chi connectivity index (χ1v) is 13.5. The maximum atomic E-state index is 13.7. The van der Waals surface area contributed by atoms with Crippen molar-refractivity contribution in [3.8, 4) is 0 Å². The summed E-state index contributed by atoms with van der Waals surface area (Å²) < 4.78 is 0. The lowest BCUT2D eigenvalue weighted by molar-refractivity contribution is -0.136. The molecule has 0 heterocycles. The average Bonchev–Trinajstić information content (AvgIpc) is 2.96. The minimum absolute atomic E-state index is 0.00535. The largest absolute Gasteiger partial charge is 0.481 e. The predicted octanol–water partition coefficient (Wildman–Crippen LogP) is 6.74. The molecule has 0 spiro atoms. The van der Waals surface area contributed by atoms with E-state index in [1.54, 1.807) is 24.3 Å².